The van der Waals surface area contributed by atoms with E-state index >= 15 is 0 Å². The number of hydrogen-bond donors (Lipinski definition) is 1. The molecule has 1 aromatic rings. The smallest absolute Gasteiger partial charge is 0.246 e. The van der Waals surface area contributed by atoms with Gasteiger partial charge < -0.3 is 10.2 Å². The molecule has 0 unspecified atom stereocenters. The monoisotopic (exact) mass is 221 g/mol. The van der Waals surface area contributed by atoms with Crippen molar-refractivity contribution in [3.05, 3.63) is 11.4 Å². The standard InChI is InChI=1S/C11H19N5/c1-8-9(2)14-15-10(13-8)16-6-5-12-7-11(16,3)4/h12H,5-7H2,1-4H3. The van der Waals surface area contributed by atoms with E-state index in [2.05, 4.69) is 39.2 Å². The Morgan fingerprint density at radius 2 is 1.94 bits per heavy atom. The molecular weight excluding hydrogens is 202 g/mol. The fourth-order valence-electron chi connectivity index (χ4n) is 1.91. The van der Waals surface area contributed by atoms with Gasteiger partial charge in [0.1, 0.15) is 0 Å². The third-order valence-corrected chi connectivity index (χ3v) is 3.12. The van der Waals surface area contributed by atoms with Gasteiger partial charge in [0.2, 0.25) is 5.95 Å². The summed E-state index contributed by atoms with van der Waals surface area (Å²) >= 11 is 0. The zero-order valence-corrected chi connectivity index (χ0v) is 10.4. The second-order valence-electron chi connectivity index (χ2n) is 4.92. The topological polar surface area (TPSA) is 53.9 Å². The minimum Gasteiger partial charge on any atom is -0.332 e. The van der Waals surface area contributed by atoms with Crippen LogP contribution >= 0.6 is 0 Å². The van der Waals surface area contributed by atoms with E-state index in [9.17, 15) is 0 Å². The molecule has 0 spiro atoms. The Bertz CT molecular complexity index is 388. The quantitative estimate of drug-likeness (QED) is 0.755. The first-order valence-electron chi connectivity index (χ1n) is 5.67. The van der Waals surface area contributed by atoms with E-state index in [0.717, 1.165) is 37.0 Å². The van der Waals surface area contributed by atoms with Gasteiger partial charge in [-0.15, -0.1) is 5.10 Å². The van der Waals surface area contributed by atoms with Gasteiger partial charge in [-0.2, -0.15) is 5.10 Å². The van der Waals surface area contributed by atoms with Crippen LogP contribution in [0.1, 0.15) is 25.2 Å². The molecule has 5 nitrogen and oxygen atoms in total. The Labute approximate surface area is 96.3 Å². The first kappa shape index (κ1) is 11.3. The van der Waals surface area contributed by atoms with E-state index in [1.807, 2.05) is 13.8 Å². The number of aromatic nitrogens is 3. The maximum absolute atomic E-state index is 4.52. The third kappa shape index (κ3) is 2.00. The molecule has 0 aliphatic carbocycles. The van der Waals surface area contributed by atoms with Crippen molar-refractivity contribution in [3.63, 3.8) is 0 Å². The van der Waals surface area contributed by atoms with Crippen LogP contribution in [0.3, 0.4) is 0 Å². The van der Waals surface area contributed by atoms with E-state index in [0.29, 0.717) is 0 Å². The zero-order chi connectivity index (χ0) is 11.8. The largest absolute Gasteiger partial charge is 0.332 e. The van der Waals surface area contributed by atoms with Crippen molar-refractivity contribution in [2.45, 2.75) is 33.2 Å². The lowest BCUT2D eigenvalue weighted by Crippen LogP contribution is -2.58. The molecule has 1 fully saturated rings. The third-order valence-electron chi connectivity index (χ3n) is 3.12. The summed E-state index contributed by atoms with van der Waals surface area (Å²) in [6.45, 7) is 11.1. The van der Waals surface area contributed by atoms with Crippen LogP contribution in [0.2, 0.25) is 0 Å². The van der Waals surface area contributed by atoms with Gasteiger partial charge in [-0.05, 0) is 27.7 Å². The summed E-state index contributed by atoms with van der Waals surface area (Å²) in [5.74, 6) is 0.745. The molecule has 0 atom stereocenters. The predicted octanol–water partition coefficient (Wildman–Crippen LogP) is 0.677. The van der Waals surface area contributed by atoms with Crippen molar-refractivity contribution in [1.82, 2.24) is 20.5 Å². The van der Waals surface area contributed by atoms with Gasteiger partial charge in [0, 0.05) is 25.2 Å². The summed E-state index contributed by atoms with van der Waals surface area (Å²) in [7, 11) is 0. The Morgan fingerprint density at radius 3 is 2.56 bits per heavy atom. The number of nitrogens with one attached hydrogen (secondary N) is 1. The molecule has 1 saturated heterocycles. The molecule has 0 radical (unpaired) electrons. The number of nitrogens with zero attached hydrogens (tertiary/aromatic N) is 4. The summed E-state index contributed by atoms with van der Waals surface area (Å²) in [4.78, 5) is 6.74. The van der Waals surface area contributed by atoms with Crippen LogP contribution in [-0.2, 0) is 0 Å². The van der Waals surface area contributed by atoms with Gasteiger partial charge >= 0.3 is 0 Å². The van der Waals surface area contributed by atoms with Crippen LogP contribution in [0.4, 0.5) is 5.95 Å². The highest BCUT2D eigenvalue weighted by molar-refractivity contribution is 5.35. The molecule has 0 aromatic carbocycles. The number of piperazine rings is 1. The van der Waals surface area contributed by atoms with E-state index in [4.69, 9.17) is 0 Å². The number of anilines is 1. The summed E-state index contributed by atoms with van der Waals surface area (Å²) in [6.07, 6.45) is 0. The van der Waals surface area contributed by atoms with Crippen LogP contribution in [0.5, 0.6) is 0 Å². The van der Waals surface area contributed by atoms with Gasteiger partial charge in [0.25, 0.3) is 0 Å². The highest BCUT2D eigenvalue weighted by atomic mass is 15.4. The zero-order valence-electron chi connectivity index (χ0n) is 10.4. The molecule has 1 aliphatic rings. The van der Waals surface area contributed by atoms with Crippen molar-refractivity contribution in [1.29, 1.82) is 0 Å². The van der Waals surface area contributed by atoms with E-state index in [1.54, 1.807) is 0 Å². The Morgan fingerprint density at radius 1 is 1.19 bits per heavy atom. The van der Waals surface area contributed by atoms with Crippen LogP contribution in [0, 0.1) is 13.8 Å². The molecule has 2 heterocycles. The average Bonchev–Trinajstić information content (AvgIpc) is 2.22. The predicted molar refractivity (Wildman–Crippen MR) is 63.6 cm³/mol. The van der Waals surface area contributed by atoms with E-state index in [-0.39, 0.29) is 5.54 Å². The van der Waals surface area contributed by atoms with Crippen molar-refractivity contribution < 1.29 is 0 Å². The molecule has 1 aliphatic heterocycles. The Hall–Kier alpha value is -1.23. The lowest BCUT2D eigenvalue weighted by Gasteiger charge is -2.42. The van der Waals surface area contributed by atoms with Gasteiger partial charge in [0.05, 0.1) is 11.4 Å². The van der Waals surface area contributed by atoms with Crippen molar-refractivity contribution in [2.75, 3.05) is 24.5 Å². The normalized spacial score (nSPS) is 19.9. The van der Waals surface area contributed by atoms with Crippen LogP contribution in [0.25, 0.3) is 0 Å². The van der Waals surface area contributed by atoms with Crippen LogP contribution in [-0.4, -0.2) is 40.4 Å². The maximum atomic E-state index is 4.52. The van der Waals surface area contributed by atoms with E-state index in [1.165, 1.54) is 0 Å². The molecule has 1 N–H and O–H groups in total. The SMILES string of the molecule is Cc1nnc(N2CCNCC2(C)C)nc1C. The minimum absolute atomic E-state index is 0.0433. The molecule has 0 amide bonds. The Kier molecular flexibility index (Phi) is 2.80. The van der Waals surface area contributed by atoms with Crippen molar-refractivity contribution in [3.8, 4) is 0 Å². The van der Waals surface area contributed by atoms with E-state index < -0.39 is 0 Å². The summed E-state index contributed by atoms with van der Waals surface area (Å²) in [5.41, 5.74) is 1.90. The number of aryl methyl sites for hydroxylation is 2. The molecule has 88 valence electrons. The lowest BCUT2D eigenvalue weighted by atomic mass is 10.0. The second kappa shape index (κ2) is 3.97. The highest BCUT2D eigenvalue weighted by Gasteiger charge is 2.31. The van der Waals surface area contributed by atoms with Gasteiger partial charge in [-0.25, -0.2) is 4.98 Å². The first-order valence-corrected chi connectivity index (χ1v) is 5.67. The fraction of sp³-hybridized carbons (Fsp3) is 0.727. The summed E-state index contributed by atoms with van der Waals surface area (Å²) in [6, 6.07) is 0. The highest BCUT2D eigenvalue weighted by Crippen LogP contribution is 2.21. The fourth-order valence-corrected chi connectivity index (χ4v) is 1.91. The second-order valence-corrected chi connectivity index (χ2v) is 4.92. The summed E-state index contributed by atoms with van der Waals surface area (Å²) < 4.78 is 0. The van der Waals surface area contributed by atoms with Crippen LogP contribution < -0.4 is 10.2 Å². The molecular formula is C11H19N5. The average molecular weight is 221 g/mol. The number of rotatable bonds is 1. The first-order chi connectivity index (χ1) is 7.50. The molecule has 0 saturated carbocycles. The molecule has 0 bridgehead atoms. The molecule has 1 aromatic heterocycles. The summed E-state index contributed by atoms with van der Waals surface area (Å²) in [5, 5.41) is 11.7. The minimum atomic E-state index is 0.0433. The number of hydrogen-bond acceptors (Lipinski definition) is 5. The van der Waals surface area contributed by atoms with Gasteiger partial charge in [-0.1, -0.05) is 0 Å². The van der Waals surface area contributed by atoms with Gasteiger partial charge in [-0.3, -0.25) is 0 Å². The Balaban J connectivity index is 2.31. The molecule has 5 heteroatoms. The van der Waals surface area contributed by atoms with Crippen molar-refractivity contribution >= 4 is 5.95 Å². The maximum Gasteiger partial charge on any atom is 0.246 e. The van der Waals surface area contributed by atoms with Gasteiger partial charge in [0.15, 0.2) is 0 Å². The molecule has 16 heavy (non-hydrogen) atoms. The van der Waals surface area contributed by atoms with Crippen molar-refractivity contribution in [2.24, 2.45) is 0 Å². The van der Waals surface area contributed by atoms with Crippen LogP contribution in [0.15, 0.2) is 0 Å². The lowest BCUT2D eigenvalue weighted by molar-refractivity contribution is 0.373. The molecule has 2 rings (SSSR count).